The Balaban J connectivity index is 2.65. The van der Waals surface area contributed by atoms with E-state index in [9.17, 15) is 4.21 Å². The molecule has 2 unspecified atom stereocenters. The second-order valence-electron chi connectivity index (χ2n) is 4.73. The summed E-state index contributed by atoms with van der Waals surface area (Å²) in [5.41, 5.74) is 9.12. The Hall–Kier alpha value is -0.670. The second-order valence-corrected chi connectivity index (χ2v) is 6.23. The zero-order valence-electron chi connectivity index (χ0n) is 11.0. The molecule has 2 nitrogen and oxygen atoms in total. The maximum Gasteiger partial charge on any atom is 0.0488 e. The zero-order valence-corrected chi connectivity index (χ0v) is 11.8. The van der Waals surface area contributed by atoms with E-state index in [1.165, 1.54) is 11.1 Å². The minimum absolute atomic E-state index is 0.541. The van der Waals surface area contributed by atoms with Gasteiger partial charge in [-0.05, 0) is 29.5 Å². The van der Waals surface area contributed by atoms with Crippen LogP contribution in [-0.4, -0.2) is 9.96 Å². The first-order valence-electron chi connectivity index (χ1n) is 6.20. The zero-order chi connectivity index (χ0) is 12.8. The molecule has 0 aliphatic rings. The monoisotopic (exact) mass is 253 g/mol. The van der Waals surface area contributed by atoms with Crippen molar-refractivity contribution in [2.24, 2.45) is 11.7 Å². The first-order valence-corrected chi connectivity index (χ1v) is 7.69. The van der Waals surface area contributed by atoms with Gasteiger partial charge in [-0.15, -0.1) is 0 Å². The van der Waals surface area contributed by atoms with Crippen LogP contribution in [0, 0.1) is 12.8 Å². The van der Waals surface area contributed by atoms with Crippen LogP contribution in [-0.2, 0) is 23.1 Å². The largest absolute Gasteiger partial charge is 0.326 e. The van der Waals surface area contributed by atoms with Gasteiger partial charge >= 0.3 is 0 Å². The molecule has 0 amide bonds. The average molecular weight is 253 g/mol. The predicted molar refractivity (Wildman–Crippen MR) is 75.2 cm³/mol. The molecule has 0 aliphatic carbocycles. The van der Waals surface area contributed by atoms with E-state index in [0.29, 0.717) is 18.2 Å². The minimum atomic E-state index is -0.751. The van der Waals surface area contributed by atoms with Crippen molar-refractivity contribution in [1.82, 2.24) is 0 Å². The minimum Gasteiger partial charge on any atom is -0.326 e. The molecule has 2 atom stereocenters. The van der Waals surface area contributed by atoms with Gasteiger partial charge in [-0.2, -0.15) is 0 Å². The summed E-state index contributed by atoms with van der Waals surface area (Å²) in [6.45, 7) is 6.93. The molecular formula is C14H23NOS. The van der Waals surface area contributed by atoms with Crippen molar-refractivity contribution in [2.45, 2.75) is 39.5 Å². The van der Waals surface area contributed by atoms with Crippen molar-refractivity contribution < 1.29 is 4.21 Å². The predicted octanol–water partition coefficient (Wildman–Crippen LogP) is 2.75. The van der Waals surface area contributed by atoms with Gasteiger partial charge in [-0.1, -0.05) is 38.5 Å². The van der Waals surface area contributed by atoms with Gasteiger partial charge in [0.1, 0.15) is 0 Å². The smallest absolute Gasteiger partial charge is 0.0488 e. The van der Waals surface area contributed by atoms with Crippen LogP contribution in [0.5, 0.6) is 0 Å². The lowest BCUT2D eigenvalue weighted by atomic mass is 10.1. The van der Waals surface area contributed by atoms with E-state index in [1.54, 1.807) is 0 Å². The lowest BCUT2D eigenvalue weighted by Gasteiger charge is -2.10. The highest BCUT2D eigenvalue weighted by molar-refractivity contribution is 7.84. The standard InChI is InChI=1S/C14H23NOS/c1-4-11(2)9-17(16)10-14-6-5-13(8-15)7-12(14)3/h5-7,11H,4,8-10,15H2,1-3H3. The topological polar surface area (TPSA) is 43.1 Å². The summed E-state index contributed by atoms with van der Waals surface area (Å²) in [6.07, 6.45) is 1.09. The van der Waals surface area contributed by atoms with E-state index >= 15 is 0 Å². The molecule has 0 saturated heterocycles. The van der Waals surface area contributed by atoms with Crippen molar-refractivity contribution in [1.29, 1.82) is 0 Å². The van der Waals surface area contributed by atoms with Crippen LogP contribution in [0.2, 0.25) is 0 Å². The van der Waals surface area contributed by atoms with Crippen LogP contribution in [0.4, 0.5) is 0 Å². The van der Waals surface area contributed by atoms with Gasteiger partial charge in [0.05, 0.1) is 0 Å². The molecule has 96 valence electrons. The van der Waals surface area contributed by atoms with Crippen LogP contribution >= 0.6 is 0 Å². The van der Waals surface area contributed by atoms with E-state index in [1.807, 2.05) is 6.07 Å². The molecule has 1 rings (SSSR count). The maximum atomic E-state index is 12.0. The third-order valence-electron chi connectivity index (χ3n) is 3.13. The Kier molecular flexibility index (Phi) is 5.86. The Labute approximate surface area is 107 Å². The highest BCUT2D eigenvalue weighted by atomic mass is 32.2. The van der Waals surface area contributed by atoms with Gasteiger partial charge in [-0.25, -0.2) is 0 Å². The molecule has 3 heteroatoms. The van der Waals surface area contributed by atoms with E-state index in [0.717, 1.165) is 17.7 Å². The van der Waals surface area contributed by atoms with Gasteiger partial charge in [0, 0.05) is 28.9 Å². The number of benzene rings is 1. The van der Waals surface area contributed by atoms with Crippen LogP contribution in [0.25, 0.3) is 0 Å². The highest BCUT2D eigenvalue weighted by Crippen LogP contribution is 2.14. The third-order valence-corrected chi connectivity index (χ3v) is 4.70. The Morgan fingerprint density at radius 2 is 2.12 bits per heavy atom. The van der Waals surface area contributed by atoms with Gasteiger partial charge in [0.25, 0.3) is 0 Å². The fourth-order valence-electron chi connectivity index (χ4n) is 1.71. The molecule has 1 aromatic carbocycles. The van der Waals surface area contributed by atoms with Gasteiger partial charge in [0.15, 0.2) is 0 Å². The number of aryl methyl sites for hydroxylation is 1. The first-order chi connectivity index (χ1) is 8.06. The molecule has 2 N–H and O–H groups in total. The summed E-state index contributed by atoms with van der Waals surface area (Å²) in [6, 6.07) is 6.19. The molecule has 17 heavy (non-hydrogen) atoms. The molecule has 1 aromatic rings. The lowest BCUT2D eigenvalue weighted by molar-refractivity contribution is 0.615. The SMILES string of the molecule is CCC(C)CS(=O)Cc1ccc(CN)cc1C. The highest BCUT2D eigenvalue weighted by Gasteiger charge is 2.08. The van der Waals surface area contributed by atoms with Crippen molar-refractivity contribution in [3.63, 3.8) is 0 Å². The molecule has 0 heterocycles. The van der Waals surface area contributed by atoms with Crippen molar-refractivity contribution in [3.8, 4) is 0 Å². The molecule has 0 aliphatic heterocycles. The molecule has 0 radical (unpaired) electrons. The summed E-state index contributed by atoms with van der Waals surface area (Å²) >= 11 is 0. The van der Waals surface area contributed by atoms with E-state index < -0.39 is 10.8 Å². The lowest BCUT2D eigenvalue weighted by Crippen LogP contribution is -2.09. The summed E-state index contributed by atoms with van der Waals surface area (Å²) < 4.78 is 12.0. The summed E-state index contributed by atoms with van der Waals surface area (Å²) in [5.74, 6) is 2.01. The number of hydrogen-bond acceptors (Lipinski definition) is 2. The Morgan fingerprint density at radius 3 is 2.65 bits per heavy atom. The Bertz CT molecular complexity index is 390. The average Bonchev–Trinajstić information content (AvgIpc) is 2.31. The van der Waals surface area contributed by atoms with Crippen LogP contribution in [0.3, 0.4) is 0 Å². The van der Waals surface area contributed by atoms with Crippen molar-refractivity contribution in [3.05, 3.63) is 34.9 Å². The number of nitrogens with two attached hydrogens (primary N) is 1. The molecule has 0 bridgehead atoms. The first kappa shape index (κ1) is 14.4. The van der Waals surface area contributed by atoms with E-state index in [-0.39, 0.29) is 0 Å². The molecular weight excluding hydrogens is 230 g/mol. The van der Waals surface area contributed by atoms with Crippen molar-refractivity contribution >= 4 is 10.8 Å². The number of rotatable bonds is 6. The summed E-state index contributed by atoms with van der Waals surface area (Å²) in [4.78, 5) is 0. The van der Waals surface area contributed by atoms with Gasteiger partial charge < -0.3 is 5.73 Å². The Morgan fingerprint density at radius 1 is 1.41 bits per heavy atom. The van der Waals surface area contributed by atoms with Gasteiger partial charge in [-0.3, -0.25) is 4.21 Å². The van der Waals surface area contributed by atoms with Crippen molar-refractivity contribution in [2.75, 3.05) is 5.75 Å². The summed E-state index contributed by atoms with van der Waals surface area (Å²) in [7, 11) is -0.751. The van der Waals surface area contributed by atoms with E-state index in [2.05, 4.69) is 32.9 Å². The number of hydrogen-bond donors (Lipinski definition) is 1. The van der Waals surface area contributed by atoms with E-state index in [4.69, 9.17) is 5.73 Å². The van der Waals surface area contributed by atoms with Gasteiger partial charge in [0.2, 0.25) is 0 Å². The van der Waals surface area contributed by atoms with Crippen LogP contribution in [0.1, 0.15) is 37.0 Å². The molecule has 0 saturated carbocycles. The molecule has 0 spiro atoms. The normalized spacial score (nSPS) is 14.6. The fraction of sp³-hybridized carbons (Fsp3) is 0.571. The second kappa shape index (κ2) is 6.92. The quantitative estimate of drug-likeness (QED) is 0.847. The van der Waals surface area contributed by atoms with Crippen LogP contribution < -0.4 is 5.73 Å². The fourth-order valence-corrected chi connectivity index (χ4v) is 3.37. The maximum absolute atomic E-state index is 12.0. The van der Waals surface area contributed by atoms with Crippen LogP contribution in [0.15, 0.2) is 18.2 Å². The third kappa shape index (κ3) is 4.60. The molecule has 0 fully saturated rings. The molecule has 0 aromatic heterocycles. The summed E-state index contributed by atoms with van der Waals surface area (Å²) in [5, 5.41) is 0.